The molecule has 86 valence electrons. The molecule has 0 saturated carbocycles. The second kappa shape index (κ2) is 4.66. The molecule has 0 aromatic heterocycles. The molecule has 1 aromatic carbocycles. The summed E-state index contributed by atoms with van der Waals surface area (Å²) >= 11 is 0. The van der Waals surface area contributed by atoms with Crippen molar-refractivity contribution < 1.29 is 9.53 Å². The highest BCUT2D eigenvalue weighted by Crippen LogP contribution is 2.12. The van der Waals surface area contributed by atoms with E-state index in [0.717, 1.165) is 5.56 Å². The number of amides is 1. The normalized spacial score (nSPS) is 20.9. The molecule has 1 saturated heterocycles. The number of nitrogens with zero attached hydrogens (tertiary/aromatic N) is 1. The first-order chi connectivity index (χ1) is 7.68. The molecule has 0 radical (unpaired) electrons. The van der Waals surface area contributed by atoms with E-state index in [4.69, 9.17) is 4.74 Å². The SMILES string of the molecule is Cc1ccc(C(=O)N2CCOC[C@@H]2C)cc1. The van der Waals surface area contributed by atoms with Crippen LogP contribution >= 0.6 is 0 Å². The predicted molar refractivity (Wildman–Crippen MR) is 62.5 cm³/mol. The largest absolute Gasteiger partial charge is 0.377 e. The average Bonchev–Trinajstić information content (AvgIpc) is 2.30. The van der Waals surface area contributed by atoms with Crippen molar-refractivity contribution in [2.75, 3.05) is 19.8 Å². The van der Waals surface area contributed by atoms with Crippen LogP contribution in [0.25, 0.3) is 0 Å². The van der Waals surface area contributed by atoms with Gasteiger partial charge in [-0.25, -0.2) is 0 Å². The van der Waals surface area contributed by atoms with Crippen LogP contribution < -0.4 is 0 Å². The van der Waals surface area contributed by atoms with Crippen LogP contribution in [0.5, 0.6) is 0 Å². The zero-order valence-corrected chi connectivity index (χ0v) is 9.77. The molecule has 0 unspecified atom stereocenters. The van der Waals surface area contributed by atoms with Crippen LogP contribution in [0.3, 0.4) is 0 Å². The number of carbonyl (C=O) groups is 1. The summed E-state index contributed by atoms with van der Waals surface area (Å²) in [5, 5.41) is 0. The maximum Gasteiger partial charge on any atom is 0.254 e. The highest BCUT2D eigenvalue weighted by molar-refractivity contribution is 5.94. The summed E-state index contributed by atoms with van der Waals surface area (Å²) in [4.78, 5) is 14.1. The summed E-state index contributed by atoms with van der Waals surface area (Å²) < 4.78 is 5.32. The molecule has 1 aliphatic heterocycles. The van der Waals surface area contributed by atoms with Gasteiger partial charge in [0.25, 0.3) is 5.91 Å². The third kappa shape index (κ3) is 2.25. The van der Waals surface area contributed by atoms with E-state index in [1.807, 2.05) is 43.0 Å². The lowest BCUT2D eigenvalue weighted by Crippen LogP contribution is -2.47. The molecular weight excluding hydrogens is 202 g/mol. The lowest BCUT2D eigenvalue weighted by Gasteiger charge is -2.33. The summed E-state index contributed by atoms with van der Waals surface area (Å²) in [7, 11) is 0. The van der Waals surface area contributed by atoms with Crippen LogP contribution in [-0.2, 0) is 4.74 Å². The number of ether oxygens (including phenoxy) is 1. The van der Waals surface area contributed by atoms with E-state index in [-0.39, 0.29) is 11.9 Å². The van der Waals surface area contributed by atoms with E-state index in [2.05, 4.69) is 0 Å². The maximum atomic E-state index is 12.2. The number of rotatable bonds is 1. The average molecular weight is 219 g/mol. The third-order valence-electron chi connectivity index (χ3n) is 2.93. The summed E-state index contributed by atoms with van der Waals surface area (Å²) in [6, 6.07) is 7.89. The Balaban J connectivity index is 2.14. The molecule has 0 N–H and O–H groups in total. The standard InChI is InChI=1S/C13H17NO2/c1-10-3-5-12(6-4-10)13(15)14-7-8-16-9-11(14)2/h3-6,11H,7-9H2,1-2H3/t11-/m0/s1. The third-order valence-corrected chi connectivity index (χ3v) is 2.93. The molecule has 2 rings (SSSR count). The molecule has 3 heteroatoms. The second-order valence-electron chi connectivity index (χ2n) is 4.29. The monoisotopic (exact) mass is 219 g/mol. The van der Waals surface area contributed by atoms with Crippen LogP contribution in [-0.4, -0.2) is 36.6 Å². The predicted octanol–water partition coefficient (Wildman–Crippen LogP) is 1.86. The van der Waals surface area contributed by atoms with E-state index < -0.39 is 0 Å². The van der Waals surface area contributed by atoms with Crippen molar-refractivity contribution >= 4 is 5.91 Å². The Bertz CT molecular complexity index is 372. The molecule has 0 bridgehead atoms. The molecule has 16 heavy (non-hydrogen) atoms. The minimum Gasteiger partial charge on any atom is -0.377 e. The van der Waals surface area contributed by atoms with Crippen molar-refractivity contribution in [3.63, 3.8) is 0 Å². The van der Waals surface area contributed by atoms with Gasteiger partial charge in [0, 0.05) is 12.1 Å². The number of hydrogen-bond acceptors (Lipinski definition) is 2. The van der Waals surface area contributed by atoms with Crippen molar-refractivity contribution in [3.05, 3.63) is 35.4 Å². The van der Waals surface area contributed by atoms with E-state index in [1.165, 1.54) is 5.56 Å². The Hall–Kier alpha value is -1.35. The Morgan fingerprint density at radius 3 is 2.69 bits per heavy atom. The first kappa shape index (κ1) is 11.1. The van der Waals surface area contributed by atoms with Gasteiger partial charge in [-0.05, 0) is 26.0 Å². The fourth-order valence-corrected chi connectivity index (χ4v) is 1.89. The molecule has 3 nitrogen and oxygen atoms in total. The van der Waals surface area contributed by atoms with Crippen LogP contribution in [0.1, 0.15) is 22.8 Å². The van der Waals surface area contributed by atoms with Crippen molar-refractivity contribution in [1.29, 1.82) is 0 Å². The van der Waals surface area contributed by atoms with Gasteiger partial charge in [0.2, 0.25) is 0 Å². The molecule has 1 atom stereocenters. The van der Waals surface area contributed by atoms with Gasteiger partial charge in [0.05, 0.1) is 19.3 Å². The molecule has 1 heterocycles. The van der Waals surface area contributed by atoms with E-state index in [0.29, 0.717) is 19.8 Å². The highest BCUT2D eigenvalue weighted by atomic mass is 16.5. The first-order valence-electron chi connectivity index (χ1n) is 5.64. The smallest absolute Gasteiger partial charge is 0.254 e. The van der Waals surface area contributed by atoms with Gasteiger partial charge in [-0.1, -0.05) is 17.7 Å². The summed E-state index contributed by atoms with van der Waals surface area (Å²) in [6.07, 6.45) is 0. The Labute approximate surface area is 96.0 Å². The maximum absolute atomic E-state index is 12.2. The van der Waals surface area contributed by atoms with Gasteiger partial charge >= 0.3 is 0 Å². The van der Waals surface area contributed by atoms with E-state index >= 15 is 0 Å². The quantitative estimate of drug-likeness (QED) is 0.721. The summed E-state index contributed by atoms with van der Waals surface area (Å²) in [5.74, 6) is 0.107. The number of aryl methyl sites for hydroxylation is 1. The topological polar surface area (TPSA) is 29.5 Å². The van der Waals surface area contributed by atoms with Crippen LogP contribution in [0.4, 0.5) is 0 Å². The van der Waals surface area contributed by atoms with Gasteiger partial charge in [-0.3, -0.25) is 4.79 Å². The van der Waals surface area contributed by atoms with Crippen molar-refractivity contribution in [2.45, 2.75) is 19.9 Å². The van der Waals surface area contributed by atoms with Gasteiger partial charge in [-0.15, -0.1) is 0 Å². The molecule has 1 fully saturated rings. The summed E-state index contributed by atoms with van der Waals surface area (Å²) in [5.41, 5.74) is 1.94. The van der Waals surface area contributed by atoms with E-state index in [1.54, 1.807) is 0 Å². The van der Waals surface area contributed by atoms with Crippen molar-refractivity contribution in [3.8, 4) is 0 Å². The first-order valence-corrected chi connectivity index (χ1v) is 5.64. The number of benzene rings is 1. The molecule has 1 aliphatic rings. The zero-order valence-electron chi connectivity index (χ0n) is 9.77. The van der Waals surface area contributed by atoms with Crippen LogP contribution in [0.15, 0.2) is 24.3 Å². The molecule has 1 aromatic rings. The van der Waals surface area contributed by atoms with Gasteiger partial charge in [0.1, 0.15) is 0 Å². The lowest BCUT2D eigenvalue weighted by atomic mass is 10.1. The van der Waals surface area contributed by atoms with Gasteiger partial charge < -0.3 is 9.64 Å². The number of carbonyl (C=O) groups excluding carboxylic acids is 1. The van der Waals surface area contributed by atoms with Crippen LogP contribution in [0.2, 0.25) is 0 Å². The molecular formula is C13H17NO2. The van der Waals surface area contributed by atoms with Gasteiger partial charge in [-0.2, -0.15) is 0 Å². The second-order valence-corrected chi connectivity index (χ2v) is 4.29. The highest BCUT2D eigenvalue weighted by Gasteiger charge is 2.24. The van der Waals surface area contributed by atoms with Crippen molar-refractivity contribution in [2.24, 2.45) is 0 Å². The molecule has 0 spiro atoms. The van der Waals surface area contributed by atoms with Crippen molar-refractivity contribution in [1.82, 2.24) is 4.90 Å². The molecule has 1 amide bonds. The number of hydrogen-bond donors (Lipinski definition) is 0. The fraction of sp³-hybridized carbons (Fsp3) is 0.462. The van der Waals surface area contributed by atoms with E-state index in [9.17, 15) is 4.79 Å². The summed E-state index contributed by atoms with van der Waals surface area (Å²) in [6.45, 7) is 6.00. The zero-order chi connectivity index (χ0) is 11.5. The fourth-order valence-electron chi connectivity index (χ4n) is 1.89. The van der Waals surface area contributed by atoms with Gasteiger partial charge in [0.15, 0.2) is 0 Å². The van der Waals surface area contributed by atoms with Crippen LogP contribution in [0, 0.1) is 6.92 Å². The minimum absolute atomic E-state index is 0.107. The number of morpholine rings is 1. The Morgan fingerprint density at radius 2 is 2.06 bits per heavy atom. The molecule has 0 aliphatic carbocycles. The Morgan fingerprint density at radius 1 is 1.38 bits per heavy atom. The Kier molecular flexibility index (Phi) is 3.25. The minimum atomic E-state index is 0.107. The lowest BCUT2D eigenvalue weighted by molar-refractivity contribution is 0.00359.